The average Bonchev–Trinajstić information content (AvgIpc) is 3.37. The summed E-state index contributed by atoms with van der Waals surface area (Å²) in [5.74, 6) is -0.838. The van der Waals surface area contributed by atoms with Crippen LogP contribution >= 0.6 is 22.7 Å². The highest BCUT2D eigenvalue weighted by atomic mass is 32.1. The molecule has 5 nitrogen and oxygen atoms in total. The zero-order valence-corrected chi connectivity index (χ0v) is 15.5. The molecule has 0 amide bonds. The molecular weight excluding hydrogens is 385 g/mol. The Morgan fingerprint density at radius 3 is 2.59 bits per heavy atom. The smallest absolute Gasteiger partial charge is 0.358 e. The molecule has 134 valence electrons. The van der Waals surface area contributed by atoms with Crippen LogP contribution in [0.5, 0.6) is 0 Å². The highest BCUT2D eigenvalue weighted by Crippen LogP contribution is 2.25. The fourth-order valence-corrected chi connectivity index (χ4v) is 3.86. The van der Waals surface area contributed by atoms with E-state index in [1.165, 1.54) is 34.8 Å². The molecule has 1 aromatic carbocycles. The lowest BCUT2D eigenvalue weighted by Crippen LogP contribution is -2.05. The molecule has 4 rings (SSSR count). The van der Waals surface area contributed by atoms with Crippen LogP contribution in [0.1, 0.15) is 16.2 Å². The van der Waals surface area contributed by atoms with Gasteiger partial charge in [-0.1, -0.05) is 6.07 Å². The minimum atomic E-state index is -0.521. The van der Waals surface area contributed by atoms with Gasteiger partial charge in [-0.05, 0) is 36.4 Å². The second-order valence-electron chi connectivity index (χ2n) is 5.48. The first-order chi connectivity index (χ1) is 13.2. The van der Waals surface area contributed by atoms with Crippen LogP contribution in [0.25, 0.3) is 21.3 Å². The first-order valence-corrected chi connectivity index (χ1v) is 9.69. The highest BCUT2D eigenvalue weighted by Gasteiger charge is 2.14. The van der Waals surface area contributed by atoms with E-state index in [1.807, 2.05) is 23.6 Å². The van der Waals surface area contributed by atoms with Crippen molar-refractivity contribution in [3.8, 4) is 21.3 Å². The minimum Gasteiger partial charge on any atom is -0.454 e. The van der Waals surface area contributed by atoms with Crippen molar-refractivity contribution in [1.29, 1.82) is 0 Å². The van der Waals surface area contributed by atoms with Gasteiger partial charge in [-0.25, -0.2) is 19.2 Å². The van der Waals surface area contributed by atoms with Crippen LogP contribution in [0.2, 0.25) is 0 Å². The molecule has 0 aliphatic carbocycles. The van der Waals surface area contributed by atoms with Crippen LogP contribution in [-0.4, -0.2) is 20.9 Å². The SMILES string of the molecule is O=C(OCc1csc(-c2ccccn2)n1)c1csc(-c2ccc(F)cc2)n1. The van der Waals surface area contributed by atoms with Crippen molar-refractivity contribution in [2.24, 2.45) is 0 Å². The Morgan fingerprint density at radius 2 is 1.81 bits per heavy atom. The van der Waals surface area contributed by atoms with E-state index < -0.39 is 5.97 Å². The average molecular weight is 397 g/mol. The van der Waals surface area contributed by atoms with Gasteiger partial charge in [0, 0.05) is 22.5 Å². The Bertz CT molecular complexity index is 1060. The summed E-state index contributed by atoms with van der Waals surface area (Å²) < 4.78 is 18.3. The molecule has 0 saturated heterocycles. The van der Waals surface area contributed by atoms with Crippen LogP contribution in [-0.2, 0) is 11.3 Å². The van der Waals surface area contributed by atoms with Crippen molar-refractivity contribution in [1.82, 2.24) is 15.0 Å². The summed E-state index contributed by atoms with van der Waals surface area (Å²) >= 11 is 2.75. The Balaban J connectivity index is 1.40. The van der Waals surface area contributed by atoms with Crippen LogP contribution in [0, 0.1) is 5.82 Å². The van der Waals surface area contributed by atoms with E-state index in [2.05, 4.69) is 15.0 Å². The number of rotatable bonds is 5. The number of carbonyl (C=O) groups excluding carboxylic acids is 1. The third-order valence-corrected chi connectivity index (χ3v) is 5.40. The monoisotopic (exact) mass is 397 g/mol. The van der Waals surface area contributed by atoms with Crippen molar-refractivity contribution in [2.45, 2.75) is 6.61 Å². The molecule has 0 unspecified atom stereocenters. The van der Waals surface area contributed by atoms with Gasteiger partial charge in [0.2, 0.25) is 0 Å². The van der Waals surface area contributed by atoms with Crippen molar-refractivity contribution in [2.75, 3.05) is 0 Å². The quantitative estimate of drug-likeness (QED) is 0.452. The van der Waals surface area contributed by atoms with E-state index in [-0.39, 0.29) is 18.1 Å². The third kappa shape index (κ3) is 4.07. The molecule has 0 saturated carbocycles. The van der Waals surface area contributed by atoms with Gasteiger partial charge in [-0.2, -0.15) is 0 Å². The van der Waals surface area contributed by atoms with Crippen molar-refractivity contribution < 1.29 is 13.9 Å². The maximum atomic E-state index is 13.0. The van der Waals surface area contributed by atoms with Crippen LogP contribution in [0.15, 0.2) is 59.4 Å². The van der Waals surface area contributed by atoms with Crippen molar-refractivity contribution >= 4 is 28.6 Å². The van der Waals surface area contributed by atoms with E-state index in [0.29, 0.717) is 10.7 Å². The predicted octanol–water partition coefficient (Wildman–Crippen LogP) is 4.82. The Labute approximate surface area is 162 Å². The standard InChI is InChI=1S/C19H12FN3O2S2/c20-13-6-4-12(5-7-13)17-23-16(11-27-17)19(24)25-9-14-10-26-18(22-14)15-3-1-2-8-21-15/h1-8,10-11H,9H2. The maximum absolute atomic E-state index is 13.0. The number of aromatic nitrogens is 3. The summed E-state index contributed by atoms with van der Waals surface area (Å²) in [6, 6.07) is 11.6. The number of hydrogen-bond acceptors (Lipinski definition) is 7. The second-order valence-corrected chi connectivity index (χ2v) is 7.20. The number of carbonyl (C=O) groups is 1. The zero-order valence-electron chi connectivity index (χ0n) is 13.8. The predicted molar refractivity (Wildman–Crippen MR) is 102 cm³/mol. The van der Waals surface area contributed by atoms with Gasteiger partial charge in [-0.3, -0.25) is 4.98 Å². The van der Waals surface area contributed by atoms with Crippen molar-refractivity contribution in [3.63, 3.8) is 0 Å². The molecule has 0 bridgehead atoms. The number of thiazole rings is 2. The van der Waals surface area contributed by atoms with E-state index in [4.69, 9.17) is 4.74 Å². The molecule has 0 fully saturated rings. The maximum Gasteiger partial charge on any atom is 0.358 e. The zero-order chi connectivity index (χ0) is 18.6. The fourth-order valence-electron chi connectivity index (χ4n) is 2.29. The highest BCUT2D eigenvalue weighted by molar-refractivity contribution is 7.13. The molecule has 27 heavy (non-hydrogen) atoms. The van der Waals surface area contributed by atoms with Gasteiger partial charge in [0.1, 0.15) is 22.4 Å². The molecule has 3 heterocycles. The van der Waals surface area contributed by atoms with Gasteiger partial charge >= 0.3 is 5.97 Å². The van der Waals surface area contributed by atoms with Crippen LogP contribution in [0.4, 0.5) is 4.39 Å². The number of ether oxygens (including phenoxy) is 1. The van der Waals surface area contributed by atoms with E-state index in [0.717, 1.165) is 16.3 Å². The molecule has 8 heteroatoms. The number of hydrogen-bond donors (Lipinski definition) is 0. The summed E-state index contributed by atoms with van der Waals surface area (Å²) in [5.41, 5.74) is 2.41. The second kappa shape index (κ2) is 7.73. The normalized spacial score (nSPS) is 10.7. The largest absolute Gasteiger partial charge is 0.454 e. The minimum absolute atomic E-state index is 0.0611. The van der Waals surface area contributed by atoms with Gasteiger partial charge in [0.15, 0.2) is 5.69 Å². The molecule has 4 aromatic rings. The van der Waals surface area contributed by atoms with Gasteiger partial charge in [0.25, 0.3) is 0 Å². The summed E-state index contributed by atoms with van der Waals surface area (Å²) in [7, 11) is 0. The van der Waals surface area contributed by atoms with Crippen LogP contribution < -0.4 is 0 Å². The lowest BCUT2D eigenvalue weighted by molar-refractivity contribution is 0.0462. The van der Waals surface area contributed by atoms with Crippen LogP contribution in [0.3, 0.4) is 0 Å². The molecule has 3 aromatic heterocycles. The van der Waals surface area contributed by atoms with E-state index in [9.17, 15) is 9.18 Å². The van der Waals surface area contributed by atoms with Gasteiger partial charge in [0.05, 0.1) is 11.4 Å². The molecular formula is C19H12FN3O2S2. The first kappa shape index (κ1) is 17.4. The third-order valence-electron chi connectivity index (χ3n) is 3.59. The Morgan fingerprint density at radius 1 is 1.00 bits per heavy atom. The summed E-state index contributed by atoms with van der Waals surface area (Å²) in [6.45, 7) is 0.0611. The number of nitrogens with zero attached hydrogens (tertiary/aromatic N) is 3. The molecule has 0 radical (unpaired) electrons. The number of esters is 1. The summed E-state index contributed by atoms with van der Waals surface area (Å²) in [6.07, 6.45) is 1.71. The lowest BCUT2D eigenvalue weighted by Gasteiger charge is -2.00. The first-order valence-electron chi connectivity index (χ1n) is 7.93. The molecule has 0 aliphatic heterocycles. The Kier molecular flexibility index (Phi) is 4.99. The van der Waals surface area contributed by atoms with Gasteiger partial charge in [-0.15, -0.1) is 22.7 Å². The fraction of sp³-hybridized carbons (Fsp3) is 0.0526. The van der Waals surface area contributed by atoms with E-state index in [1.54, 1.807) is 23.7 Å². The molecule has 0 aliphatic rings. The van der Waals surface area contributed by atoms with Gasteiger partial charge < -0.3 is 4.74 Å². The lowest BCUT2D eigenvalue weighted by atomic mass is 10.2. The number of pyridine rings is 1. The molecule has 0 atom stereocenters. The van der Waals surface area contributed by atoms with E-state index >= 15 is 0 Å². The number of benzene rings is 1. The molecule has 0 spiro atoms. The summed E-state index contributed by atoms with van der Waals surface area (Å²) in [5, 5.41) is 4.87. The Hall–Kier alpha value is -2.97. The van der Waals surface area contributed by atoms with Crippen molar-refractivity contribution in [3.05, 3.63) is 76.6 Å². The number of halogens is 1. The topological polar surface area (TPSA) is 65.0 Å². The molecule has 0 N–H and O–H groups in total. The summed E-state index contributed by atoms with van der Waals surface area (Å²) in [4.78, 5) is 25.2.